The molecule has 0 radical (unpaired) electrons. The summed E-state index contributed by atoms with van der Waals surface area (Å²) in [6.45, 7) is 7.18. The minimum Gasteiger partial charge on any atom is -0.336 e. The van der Waals surface area contributed by atoms with Crippen LogP contribution in [0.5, 0.6) is 0 Å². The van der Waals surface area contributed by atoms with E-state index in [4.69, 9.17) is 0 Å². The van der Waals surface area contributed by atoms with Crippen molar-refractivity contribution in [3.05, 3.63) is 35.2 Å². The van der Waals surface area contributed by atoms with E-state index in [1.807, 2.05) is 36.4 Å². The zero-order valence-corrected chi connectivity index (χ0v) is 14.7. The van der Waals surface area contributed by atoms with Gasteiger partial charge in [-0.25, -0.2) is 14.6 Å². The molecule has 4 heterocycles. The lowest BCUT2D eigenvalue weighted by molar-refractivity contribution is 0.0671. The number of aromatic amines is 1. The number of carbonyl (C=O) groups is 1. The van der Waals surface area contributed by atoms with Gasteiger partial charge in [-0.05, 0) is 39.7 Å². The first-order valence-electron chi connectivity index (χ1n) is 8.52. The highest BCUT2D eigenvalue weighted by Gasteiger charge is 2.27. The fraction of sp³-hybridized carbons (Fsp3) is 0.471. The zero-order chi connectivity index (χ0) is 17.6. The Morgan fingerprint density at radius 1 is 1.32 bits per heavy atom. The molecule has 1 amide bonds. The molecule has 1 aliphatic heterocycles. The van der Waals surface area contributed by atoms with Crippen molar-refractivity contribution in [2.75, 3.05) is 13.1 Å². The number of piperidine rings is 1. The second-order valence-electron chi connectivity index (χ2n) is 6.64. The summed E-state index contributed by atoms with van der Waals surface area (Å²) in [5.74, 6) is 1.68. The molecule has 4 rings (SSSR count). The Bertz CT molecular complexity index is 942. The number of carbonyl (C=O) groups excluding carboxylic acids is 1. The van der Waals surface area contributed by atoms with E-state index >= 15 is 0 Å². The highest BCUT2D eigenvalue weighted by atomic mass is 16.2. The van der Waals surface area contributed by atoms with Crippen molar-refractivity contribution in [1.82, 2.24) is 34.8 Å². The fourth-order valence-corrected chi connectivity index (χ4v) is 3.54. The zero-order valence-electron chi connectivity index (χ0n) is 14.7. The molecule has 1 atom stereocenters. The van der Waals surface area contributed by atoms with E-state index in [1.165, 1.54) is 0 Å². The van der Waals surface area contributed by atoms with Crippen molar-refractivity contribution < 1.29 is 4.79 Å². The molecule has 1 N–H and O–H groups in total. The van der Waals surface area contributed by atoms with E-state index in [0.29, 0.717) is 17.8 Å². The fourth-order valence-electron chi connectivity index (χ4n) is 3.54. The van der Waals surface area contributed by atoms with Crippen molar-refractivity contribution in [2.24, 2.45) is 0 Å². The van der Waals surface area contributed by atoms with Crippen molar-refractivity contribution in [3.63, 3.8) is 0 Å². The molecular weight excluding hydrogens is 318 g/mol. The Balaban J connectivity index is 1.58. The molecule has 1 aliphatic rings. The lowest BCUT2D eigenvalue weighted by Crippen LogP contribution is -2.41. The van der Waals surface area contributed by atoms with Crippen LogP contribution in [0.2, 0.25) is 0 Å². The lowest BCUT2D eigenvalue weighted by atomic mass is 10.0. The van der Waals surface area contributed by atoms with Crippen LogP contribution >= 0.6 is 0 Å². The molecule has 130 valence electrons. The Morgan fingerprint density at radius 2 is 2.16 bits per heavy atom. The van der Waals surface area contributed by atoms with Gasteiger partial charge in [0.15, 0.2) is 5.65 Å². The highest BCUT2D eigenvalue weighted by molar-refractivity contribution is 5.97. The van der Waals surface area contributed by atoms with Gasteiger partial charge in [-0.1, -0.05) is 0 Å². The molecule has 0 saturated carbocycles. The number of H-pyrrole nitrogens is 1. The minimum atomic E-state index is 0.00851. The minimum absolute atomic E-state index is 0.00851. The molecule has 0 spiro atoms. The van der Waals surface area contributed by atoms with E-state index < -0.39 is 0 Å². The second-order valence-corrected chi connectivity index (χ2v) is 6.64. The monoisotopic (exact) mass is 339 g/mol. The summed E-state index contributed by atoms with van der Waals surface area (Å²) in [4.78, 5) is 23.5. The standard InChI is InChI=1S/C17H21N7O/c1-10-15-7-13(8-18-16(15)21-20-10)17(25)23-6-4-5-14(9-23)24-12(3)19-11(2)22-24/h7-8,14H,4-6,9H2,1-3H3,(H,18,20,21)/t14-/m0/s1. The van der Waals surface area contributed by atoms with E-state index in [9.17, 15) is 4.79 Å². The van der Waals surface area contributed by atoms with Crippen molar-refractivity contribution in [3.8, 4) is 0 Å². The van der Waals surface area contributed by atoms with Crippen molar-refractivity contribution >= 4 is 16.9 Å². The molecule has 0 aliphatic carbocycles. The van der Waals surface area contributed by atoms with E-state index in [1.54, 1.807) is 6.20 Å². The van der Waals surface area contributed by atoms with Crippen LogP contribution < -0.4 is 0 Å². The average molecular weight is 339 g/mol. The van der Waals surface area contributed by atoms with Gasteiger partial charge in [-0.2, -0.15) is 10.2 Å². The maximum Gasteiger partial charge on any atom is 0.255 e. The molecule has 0 aromatic carbocycles. The summed E-state index contributed by atoms with van der Waals surface area (Å²) in [5.41, 5.74) is 2.16. The van der Waals surface area contributed by atoms with Gasteiger partial charge >= 0.3 is 0 Å². The third-order valence-electron chi connectivity index (χ3n) is 4.78. The van der Waals surface area contributed by atoms with Crippen molar-refractivity contribution in [2.45, 2.75) is 39.7 Å². The molecule has 8 nitrogen and oxygen atoms in total. The van der Waals surface area contributed by atoms with Crippen LogP contribution in [0, 0.1) is 20.8 Å². The summed E-state index contributed by atoms with van der Waals surface area (Å²) in [5, 5.41) is 12.4. The molecule has 0 bridgehead atoms. The van der Waals surface area contributed by atoms with Crippen LogP contribution in [0.4, 0.5) is 0 Å². The number of hydrogen-bond donors (Lipinski definition) is 1. The SMILES string of the molecule is Cc1nc(C)n([C@H]2CCCN(C(=O)c3cnc4n[nH]c(C)c4c3)C2)n1. The smallest absolute Gasteiger partial charge is 0.255 e. The number of rotatable bonds is 2. The Hall–Kier alpha value is -2.77. The van der Waals surface area contributed by atoms with Crippen LogP contribution in [0.3, 0.4) is 0 Å². The van der Waals surface area contributed by atoms with Gasteiger partial charge < -0.3 is 4.90 Å². The number of hydrogen-bond acceptors (Lipinski definition) is 5. The van der Waals surface area contributed by atoms with Crippen LogP contribution in [0.25, 0.3) is 11.0 Å². The maximum absolute atomic E-state index is 13.0. The first kappa shape index (κ1) is 15.7. The Kier molecular flexibility index (Phi) is 3.74. The predicted molar refractivity (Wildman–Crippen MR) is 92.3 cm³/mol. The van der Waals surface area contributed by atoms with Gasteiger partial charge in [0.2, 0.25) is 0 Å². The third-order valence-corrected chi connectivity index (χ3v) is 4.78. The molecular formula is C17H21N7O. The maximum atomic E-state index is 13.0. The first-order valence-corrected chi connectivity index (χ1v) is 8.52. The average Bonchev–Trinajstić information content (AvgIpc) is 3.16. The number of amides is 1. The number of nitrogens with zero attached hydrogens (tertiary/aromatic N) is 6. The van der Waals surface area contributed by atoms with Gasteiger partial charge in [0.1, 0.15) is 11.6 Å². The first-order chi connectivity index (χ1) is 12.0. The number of nitrogens with one attached hydrogen (secondary N) is 1. The topological polar surface area (TPSA) is 92.6 Å². The molecule has 0 unspecified atom stereocenters. The third kappa shape index (κ3) is 2.77. The van der Waals surface area contributed by atoms with E-state index in [-0.39, 0.29) is 11.9 Å². The van der Waals surface area contributed by atoms with E-state index in [0.717, 1.165) is 42.1 Å². The van der Waals surface area contributed by atoms with Crippen LogP contribution in [0.1, 0.15) is 46.6 Å². The number of fused-ring (bicyclic) bond motifs is 1. The summed E-state index contributed by atoms with van der Waals surface area (Å²) < 4.78 is 1.95. The van der Waals surface area contributed by atoms with Crippen molar-refractivity contribution in [1.29, 1.82) is 0 Å². The molecule has 3 aromatic heterocycles. The van der Waals surface area contributed by atoms with Gasteiger partial charge in [0.05, 0.1) is 11.6 Å². The quantitative estimate of drug-likeness (QED) is 0.770. The van der Waals surface area contributed by atoms with E-state index in [2.05, 4.69) is 25.3 Å². The van der Waals surface area contributed by atoms with Gasteiger partial charge in [-0.3, -0.25) is 9.89 Å². The summed E-state index contributed by atoms with van der Waals surface area (Å²) in [6.07, 6.45) is 3.57. The lowest BCUT2D eigenvalue weighted by Gasteiger charge is -2.33. The summed E-state index contributed by atoms with van der Waals surface area (Å²) in [6, 6.07) is 2.05. The van der Waals surface area contributed by atoms with Crippen LogP contribution in [0.15, 0.2) is 12.3 Å². The Morgan fingerprint density at radius 3 is 2.92 bits per heavy atom. The summed E-state index contributed by atoms with van der Waals surface area (Å²) in [7, 11) is 0. The Labute approximate surface area is 145 Å². The van der Waals surface area contributed by atoms with Gasteiger partial charge in [0, 0.05) is 30.4 Å². The largest absolute Gasteiger partial charge is 0.336 e. The predicted octanol–water partition coefficient (Wildman–Crippen LogP) is 1.95. The number of pyridine rings is 1. The van der Waals surface area contributed by atoms with Crippen LogP contribution in [-0.4, -0.2) is 53.8 Å². The molecule has 25 heavy (non-hydrogen) atoms. The number of likely N-dealkylation sites (tertiary alicyclic amines) is 1. The number of aryl methyl sites for hydroxylation is 3. The van der Waals surface area contributed by atoms with Crippen LogP contribution in [-0.2, 0) is 0 Å². The highest BCUT2D eigenvalue weighted by Crippen LogP contribution is 2.24. The molecule has 1 fully saturated rings. The molecule has 3 aromatic rings. The molecule has 8 heteroatoms. The summed E-state index contributed by atoms with van der Waals surface area (Å²) >= 11 is 0. The normalized spacial score (nSPS) is 18.0. The van der Waals surface area contributed by atoms with Gasteiger partial charge in [-0.15, -0.1) is 0 Å². The van der Waals surface area contributed by atoms with Gasteiger partial charge in [0.25, 0.3) is 5.91 Å². The number of aromatic nitrogens is 6. The molecule has 1 saturated heterocycles. The second kappa shape index (κ2) is 5.94.